The van der Waals surface area contributed by atoms with Crippen molar-refractivity contribution in [2.75, 3.05) is 5.32 Å². The van der Waals surface area contributed by atoms with E-state index < -0.39 is 6.10 Å². The van der Waals surface area contributed by atoms with Gasteiger partial charge in [0.15, 0.2) is 6.10 Å². The van der Waals surface area contributed by atoms with Crippen molar-refractivity contribution in [3.63, 3.8) is 0 Å². The van der Waals surface area contributed by atoms with Gasteiger partial charge in [-0.05, 0) is 54.3 Å². The molecular formula is C24H29N3O3. The van der Waals surface area contributed by atoms with Gasteiger partial charge in [-0.1, -0.05) is 32.9 Å². The molecule has 1 atom stereocenters. The summed E-state index contributed by atoms with van der Waals surface area (Å²) < 4.78 is 13.5. The molecule has 0 fully saturated rings. The minimum Gasteiger partial charge on any atom is -0.486 e. The van der Waals surface area contributed by atoms with Crippen LogP contribution >= 0.6 is 0 Å². The van der Waals surface area contributed by atoms with Crippen molar-refractivity contribution >= 4 is 11.6 Å². The SMILES string of the molecule is CC(Oc1cccc(C(C)(C)C)c1)C(=O)Nc1ccc(OCc2nccn2C)cc1. The molecule has 0 spiro atoms. The van der Waals surface area contributed by atoms with E-state index in [1.54, 1.807) is 25.3 Å². The number of carbonyl (C=O) groups excluding carboxylic acids is 1. The predicted octanol–water partition coefficient (Wildman–Crippen LogP) is 4.70. The predicted molar refractivity (Wildman–Crippen MR) is 118 cm³/mol. The van der Waals surface area contributed by atoms with Crippen LogP contribution in [-0.2, 0) is 23.9 Å². The lowest BCUT2D eigenvalue weighted by molar-refractivity contribution is -0.122. The first-order chi connectivity index (χ1) is 14.2. The van der Waals surface area contributed by atoms with Crippen LogP contribution in [0.25, 0.3) is 0 Å². The Morgan fingerprint density at radius 2 is 1.87 bits per heavy atom. The average Bonchev–Trinajstić information content (AvgIpc) is 3.12. The number of carbonyl (C=O) groups is 1. The molecule has 0 saturated carbocycles. The highest BCUT2D eigenvalue weighted by Crippen LogP contribution is 2.26. The molecule has 0 saturated heterocycles. The van der Waals surface area contributed by atoms with E-state index in [9.17, 15) is 4.79 Å². The monoisotopic (exact) mass is 407 g/mol. The van der Waals surface area contributed by atoms with Crippen LogP contribution < -0.4 is 14.8 Å². The molecule has 1 N–H and O–H groups in total. The molecule has 0 radical (unpaired) electrons. The van der Waals surface area contributed by atoms with Gasteiger partial charge in [0, 0.05) is 25.1 Å². The van der Waals surface area contributed by atoms with E-state index in [1.807, 2.05) is 48.1 Å². The minimum absolute atomic E-state index is 0.0188. The smallest absolute Gasteiger partial charge is 0.265 e. The number of hydrogen-bond donors (Lipinski definition) is 1. The number of hydrogen-bond acceptors (Lipinski definition) is 4. The van der Waals surface area contributed by atoms with Gasteiger partial charge in [-0.2, -0.15) is 0 Å². The van der Waals surface area contributed by atoms with Gasteiger partial charge in [-0.25, -0.2) is 4.98 Å². The standard InChI is InChI=1S/C24H29N3O3/c1-17(30-21-8-6-7-18(15-21)24(2,3)4)23(28)26-19-9-11-20(12-10-19)29-16-22-25-13-14-27(22)5/h6-15,17H,16H2,1-5H3,(H,26,28). The highest BCUT2D eigenvalue weighted by Gasteiger charge is 2.18. The van der Waals surface area contributed by atoms with Gasteiger partial charge < -0.3 is 19.4 Å². The maximum atomic E-state index is 12.5. The van der Waals surface area contributed by atoms with E-state index >= 15 is 0 Å². The molecular weight excluding hydrogens is 378 g/mol. The summed E-state index contributed by atoms with van der Waals surface area (Å²) >= 11 is 0. The molecule has 0 aliphatic carbocycles. The van der Waals surface area contributed by atoms with Crippen LogP contribution in [0.15, 0.2) is 60.9 Å². The second-order valence-corrected chi connectivity index (χ2v) is 8.29. The molecule has 3 rings (SSSR count). The summed E-state index contributed by atoms with van der Waals surface area (Å²) in [5.41, 5.74) is 1.86. The summed E-state index contributed by atoms with van der Waals surface area (Å²) in [5, 5.41) is 2.88. The van der Waals surface area contributed by atoms with Crippen LogP contribution in [0.4, 0.5) is 5.69 Å². The zero-order valence-electron chi connectivity index (χ0n) is 18.2. The molecule has 30 heavy (non-hydrogen) atoms. The highest BCUT2D eigenvalue weighted by atomic mass is 16.5. The van der Waals surface area contributed by atoms with Crippen molar-refractivity contribution in [3.8, 4) is 11.5 Å². The zero-order chi connectivity index (χ0) is 21.7. The van der Waals surface area contributed by atoms with Crippen molar-refractivity contribution in [2.45, 2.75) is 45.8 Å². The molecule has 6 heteroatoms. The maximum absolute atomic E-state index is 12.5. The minimum atomic E-state index is -0.625. The van der Waals surface area contributed by atoms with Gasteiger partial charge >= 0.3 is 0 Å². The van der Waals surface area contributed by atoms with Gasteiger partial charge in [-0.3, -0.25) is 4.79 Å². The maximum Gasteiger partial charge on any atom is 0.265 e. The first-order valence-electron chi connectivity index (χ1n) is 9.99. The second-order valence-electron chi connectivity index (χ2n) is 8.29. The summed E-state index contributed by atoms with van der Waals surface area (Å²) in [6.07, 6.45) is 2.99. The van der Waals surface area contributed by atoms with E-state index in [2.05, 4.69) is 37.1 Å². The van der Waals surface area contributed by atoms with E-state index in [1.165, 1.54) is 0 Å². The van der Waals surface area contributed by atoms with Crippen LogP contribution in [0, 0.1) is 0 Å². The molecule has 0 bridgehead atoms. The number of aromatic nitrogens is 2. The summed E-state index contributed by atoms with van der Waals surface area (Å²) in [4.78, 5) is 16.8. The Morgan fingerprint density at radius 3 is 2.50 bits per heavy atom. The first-order valence-corrected chi connectivity index (χ1v) is 9.99. The van der Waals surface area contributed by atoms with Crippen molar-refractivity contribution in [1.82, 2.24) is 9.55 Å². The topological polar surface area (TPSA) is 65.4 Å². The Bertz CT molecular complexity index is 987. The van der Waals surface area contributed by atoms with Gasteiger partial charge in [-0.15, -0.1) is 0 Å². The third kappa shape index (κ3) is 5.63. The Balaban J connectivity index is 1.54. The number of nitrogens with one attached hydrogen (secondary N) is 1. The van der Waals surface area contributed by atoms with Gasteiger partial charge in [0.1, 0.15) is 23.9 Å². The number of rotatable bonds is 7. The summed E-state index contributed by atoms with van der Waals surface area (Å²) in [5.74, 6) is 2.02. The first kappa shape index (κ1) is 21.4. The molecule has 1 unspecified atom stereocenters. The fourth-order valence-corrected chi connectivity index (χ4v) is 2.86. The van der Waals surface area contributed by atoms with Crippen molar-refractivity contribution in [3.05, 3.63) is 72.3 Å². The summed E-state index contributed by atoms with van der Waals surface area (Å²) in [6.45, 7) is 8.56. The Morgan fingerprint density at radius 1 is 1.13 bits per heavy atom. The quantitative estimate of drug-likeness (QED) is 0.616. The van der Waals surface area contributed by atoms with Crippen molar-refractivity contribution in [2.24, 2.45) is 7.05 Å². The van der Waals surface area contributed by atoms with E-state index in [4.69, 9.17) is 9.47 Å². The third-order valence-corrected chi connectivity index (χ3v) is 4.79. The molecule has 6 nitrogen and oxygen atoms in total. The largest absolute Gasteiger partial charge is 0.486 e. The average molecular weight is 408 g/mol. The second kappa shape index (κ2) is 9.03. The van der Waals surface area contributed by atoms with Gasteiger partial charge in [0.2, 0.25) is 0 Å². The lowest BCUT2D eigenvalue weighted by Crippen LogP contribution is -2.30. The number of benzene rings is 2. The van der Waals surface area contributed by atoms with Gasteiger partial charge in [0.25, 0.3) is 5.91 Å². The van der Waals surface area contributed by atoms with Crippen LogP contribution in [0.5, 0.6) is 11.5 Å². The lowest BCUT2D eigenvalue weighted by atomic mass is 9.87. The number of anilines is 1. The number of ether oxygens (including phenoxy) is 2. The fourth-order valence-electron chi connectivity index (χ4n) is 2.86. The van der Waals surface area contributed by atoms with Crippen LogP contribution in [0.1, 0.15) is 39.1 Å². The number of imidazole rings is 1. The number of aryl methyl sites for hydroxylation is 1. The molecule has 2 aromatic carbocycles. The normalized spacial score (nSPS) is 12.3. The molecule has 0 aliphatic heterocycles. The molecule has 158 valence electrons. The van der Waals surface area contributed by atoms with E-state index in [0.29, 0.717) is 23.8 Å². The van der Waals surface area contributed by atoms with Crippen molar-refractivity contribution < 1.29 is 14.3 Å². The molecule has 0 aliphatic rings. The van der Waals surface area contributed by atoms with Crippen LogP contribution in [-0.4, -0.2) is 21.6 Å². The zero-order valence-corrected chi connectivity index (χ0v) is 18.2. The van der Waals surface area contributed by atoms with E-state index in [-0.39, 0.29) is 11.3 Å². The van der Waals surface area contributed by atoms with Crippen LogP contribution in [0.3, 0.4) is 0 Å². The highest BCUT2D eigenvalue weighted by molar-refractivity contribution is 5.94. The molecule has 3 aromatic rings. The number of nitrogens with zero attached hydrogens (tertiary/aromatic N) is 2. The molecule has 1 heterocycles. The summed E-state index contributed by atoms with van der Waals surface area (Å²) in [6, 6.07) is 15.1. The van der Waals surface area contributed by atoms with Gasteiger partial charge in [0.05, 0.1) is 0 Å². The Kier molecular flexibility index (Phi) is 6.45. The Hall–Kier alpha value is -3.28. The Labute approximate surface area is 177 Å². The number of amides is 1. The molecule has 1 amide bonds. The third-order valence-electron chi connectivity index (χ3n) is 4.79. The summed E-state index contributed by atoms with van der Waals surface area (Å²) in [7, 11) is 1.92. The fraction of sp³-hybridized carbons (Fsp3) is 0.333. The lowest BCUT2D eigenvalue weighted by Gasteiger charge is -2.21. The van der Waals surface area contributed by atoms with Crippen molar-refractivity contribution in [1.29, 1.82) is 0 Å². The van der Waals surface area contributed by atoms with E-state index in [0.717, 1.165) is 11.4 Å². The van der Waals surface area contributed by atoms with Crippen LogP contribution in [0.2, 0.25) is 0 Å². The molecule has 1 aromatic heterocycles.